The van der Waals surface area contributed by atoms with E-state index in [1.165, 1.54) is 0 Å². The standard InChI is InChI=1S/C10H16N4O2/c1-13-4-3-12-9(13)7-14-5-2-11-6-8(14)10(15)16/h3-4,8,11H,2,5-7H2,1H3,(H,15,16). The Balaban J connectivity index is 2.07. The summed E-state index contributed by atoms with van der Waals surface area (Å²) < 4.78 is 1.92. The number of hydrogen-bond acceptors (Lipinski definition) is 4. The van der Waals surface area contributed by atoms with Crippen LogP contribution in [0.25, 0.3) is 0 Å². The van der Waals surface area contributed by atoms with Gasteiger partial charge in [-0.15, -0.1) is 0 Å². The molecule has 1 saturated heterocycles. The van der Waals surface area contributed by atoms with E-state index >= 15 is 0 Å². The second-order valence-electron chi connectivity index (χ2n) is 3.98. The van der Waals surface area contributed by atoms with Crippen LogP contribution in [-0.4, -0.2) is 51.2 Å². The van der Waals surface area contributed by atoms with Crippen molar-refractivity contribution in [3.63, 3.8) is 0 Å². The quantitative estimate of drug-likeness (QED) is 0.709. The molecule has 1 aromatic rings. The van der Waals surface area contributed by atoms with Crippen molar-refractivity contribution in [3.8, 4) is 0 Å². The summed E-state index contributed by atoms with van der Waals surface area (Å²) in [5.74, 6) is 0.120. The summed E-state index contributed by atoms with van der Waals surface area (Å²) in [6.45, 7) is 2.65. The highest BCUT2D eigenvalue weighted by Gasteiger charge is 2.28. The average Bonchev–Trinajstić information content (AvgIpc) is 2.65. The monoisotopic (exact) mass is 224 g/mol. The van der Waals surface area contributed by atoms with Gasteiger partial charge in [0.1, 0.15) is 11.9 Å². The van der Waals surface area contributed by atoms with Crippen LogP contribution in [-0.2, 0) is 18.4 Å². The molecule has 16 heavy (non-hydrogen) atoms. The number of carboxylic acid groups (broad SMARTS) is 1. The topological polar surface area (TPSA) is 70.4 Å². The van der Waals surface area contributed by atoms with Crippen molar-refractivity contribution in [1.82, 2.24) is 19.8 Å². The van der Waals surface area contributed by atoms with Crippen molar-refractivity contribution in [2.24, 2.45) is 7.05 Å². The first-order valence-electron chi connectivity index (χ1n) is 5.32. The molecule has 1 aliphatic heterocycles. The lowest BCUT2D eigenvalue weighted by Crippen LogP contribution is -2.54. The predicted molar refractivity (Wildman–Crippen MR) is 57.9 cm³/mol. The van der Waals surface area contributed by atoms with Crippen LogP contribution in [0.1, 0.15) is 5.82 Å². The molecule has 0 aliphatic carbocycles. The summed E-state index contributed by atoms with van der Waals surface area (Å²) in [7, 11) is 1.92. The first-order valence-corrected chi connectivity index (χ1v) is 5.32. The lowest BCUT2D eigenvalue weighted by molar-refractivity contribution is -0.144. The minimum absolute atomic E-state index is 0.453. The zero-order chi connectivity index (χ0) is 11.5. The molecular formula is C10H16N4O2. The van der Waals surface area contributed by atoms with E-state index < -0.39 is 12.0 Å². The number of imidazole rings is 1. The number of rotatable bonds is 3. The van der Waals surface area contributed by atoms with E-state index in [1.807, 2.05) is 22.7 Å². The molecule has 6 nitrogen and oxygen atoms in total. The Morgan fingerprint density at radius 3 is 3.19 bits per heavy atom. The van der Waals surface area contributed by atoms with Gasteiger partial charge in [-0.2, -0.15) is 0 Å². The van der Waals surface area contributed by atoms with E-state index in [0.29, 0.717) is 13.1 Å². The van der Waals surface area contributed by atoms with E-state index in [2.05, 4.69) is 10.3 Å². The minimum Gasteiger partial charge on any atom is -0.480 e. The third kappa shape index (κ3) is 2.23. The number of nitrogens with zero attached hydrogens (tertiary/aromatic N) is 3. The normalized spacial score (nSPS) is 22.2. The maximum Gasteiger partial charge on any atom is 0.322 e. The smallest absolute Gasteiger partial charge is 0.322 e. The lowest BCUT2D eigenvalue weighted by Gasteiger charge is -2.32. The molecule has 0 bridgehead atoms. The van der Waals surface area contributed by atoms with Crippen LogP contribution in [0.5, 0.6) is 0 Å². The summed E-state index contributed by atoms with van der Waals surface area (Å²) in [5, 5.41) is 12.2. The number of carbonyl (C=O) groups is 1. The summed E-state index contributed by atoms with van der Waals surface area (Å²) in [6, 6.07) is -0.453. The van der Waals surface area contributed by atoms with Crippen LogP contribution in [0.3, 0.4) is 0 Å². The zero-order valence-corrected chi connectivity index (χ0v) is 9.26. The third-order valence-electron chi connectivity index (χ3n) is 2.90. The van der Waals surface area contributed by atoms with E-state index in [0.717, 1.165) is 18.9 Å². The van der Waals surface area contributed by atoms with Gasteiger partial charge in [0.15, 0.2) is 0 Å². The van der Waals surface area contributed by atoms with Crippen LogP contribution in [0.15, 0.2) is 12.4 Å². The number of aryl methyl sites for hydroxylation is 1. The first kappa shape index (κ1) is 11.1. The van der Waals surface area contributed by atoms with E-state index in [4.69, 9.17) is 5.11 Å². The van der Waals surface area contributed by atoms with Gasteiger partial charge in [-0.3, -0.25) is 9.69 Å². The number of carboxylic acids is 1. The highest BCUT2D eigenvalue weighted by molar-refractivity contribution is 5.73. The maximum atomic E-state index is 11.1. The van der Waals surface area contributed by atoms with Gasteiger partial charge in [-0.05, 0) is 0 Å². The minimum atomic E-state index is -0.776. The highest BCUT2D eigenvalue weighted by atomic mass is 16.4. The fourth-order valence-electron chi connectivity index (χ4n) is 1.91. The van der Waals surface area contributed by atoms with Gasteiger partial charge in [-0.1, -0.05) is 0 Å². The molecule has 0 saturated carbocycles. The van der Waals surface area contributed by atoms with Crippen LogP contribution in [0, 0.1) is 0 Å². The summed E-state index contributed by atoms with van der Waals surface area (Å²) >= 11 is 0. The van der Waals surface area contributed by atoms with Crippen LogP contribution in [0.2, 0.25) is 0 Å². The molecule has 2 rings (SSSR count). The van der Waals surface area contributed by atoms with E-state index in [1.54, 1.807) is 6.20 Å². The molecule has 1 unspecified atom stereocenters. The zero-order valence-electron chi connectivity index (χ0n) is 9.26. The van der Waals surface area contributed by atoms with Crippen LogP contribution < -0.4 is 5.32 Å². The maximum absolute atomic E-state index is 11.1. The second-order valence-corrected chi connectivity index (χ2v) is 3.98. The molecule has 1 aliphatic rings. The Bertz CT molecular complexity index is 377. The van der Waals surface area contributed by atoms with Crippen molar-refractivity contribution >= 4 is 5.97 Å². The molecule has 2 heterocycles. The van der Waals surface area contributed by atoms with E-state index in [-0.39, 0.29) is 0 Å². The Hall–Kier alpha value is -1.40. The Kier molecular flexibility index (Phi) is 3.21. The van der Waals surface area contributed by atoms with Gasteiger partial charge in [0.25, 0.3) is 0 Å². The summed E-state index contributed by atoms with van der Waals surface area (Å²) in [5.41, 5.74) is 0. The van der Waals surface area contributed by atoms with Gasteiger partial charge in [0, 0.05) is 39.1 Å². The highest BCUT2D eigenvalue weighted by Crippen LogP contribution is 2.08. The molecule has 0 amide bonds. The largest absolute Gasteiger partial charge is 0.480 e. The van der Waals surface area contributed by atoms with Crippen molar-refractivity contribution in [3.05, 3.63) is 18.2 Å². The molecule has 1 fully saturated rings. The third-order valence-corrected chi connectivity index (χ3v) is 2.90. The van der Waals surface area contributed by atoms with Gasteiger partial charge in [0.2, 0.25) is 0 Å². The fraction of sp³-hybridized carbons (Fsp3) is 0.600. The second kappa shape index (κ2) is 4.63. The first-order chi connectivity index (χ1) is 7.68. The Labute approximate surface area is 93.9 Å². The number of aromatic nitrogens is 2. The predicted octanol–water partition coefficient (Wildman–Crippen LogP) is -0.721. The molecule has 6 heteroatoms. The summed E-state index contributed by atoms with van der Waals surface area (Å²) in [6.07, 6.45) is 3.60. The fourth-order valence-corrected chi connectivity index (χ4v) is 1.91. The molecule has 0 spiro atoms. The van der Waals surface area contributed by atoms with Crippen molar-refractivity contribution in [2.45, 2.75) is 12.6 Å². The Morgan fingerprint density at radius 2 is 2.56 bits per heavy atom. The van der Waals surface area contributed by atoms with Crippen molar-refractivity contribution in [2.75, 3.05) is 19.6 Å². The molecule has 88 valence electrons. The van der Waals surface area contributed by atoms with E-state index in [9.17, 15) is 4.79 Å². The molecule has 1 aromatic heterocycles. The molecule has 1 atom stereocenters. The van der Waals surface area contributed by atoms with Crippen LogP contribution in [0.4, 0.5) is 0 Å². The summed E-state index contributed by atoms with van der Waals surface area (Å²) in [4.78, 5) is 17.2. The number of aliphatic carboxylic acids is 1. The number of hydrogen-bond donors (Lipinski definition) is 2. The van der Waals surface area contributed by atoms with Crippen LogP contribution >= 0.6 is 0 Å². The number of nitrogens with one attached hydrogen (secondary N) is 1. The molecular weight excluding hydrogens is 208 g/mol. The van der Waals surface area contributed by atoms with Crippen molar-refractivity contribution in [1.29, 1.82) is 0 Å². The number of piperazine rings is 1. The van der Waals surface area contributed by atoms with Gasteiger partial charge < -0.3 is 15.0 Å². The van der Waals surface area contributed by atoms with Crippen molar-refractivity contribution < 1.29 is 9.90 Å². The Morgan fingerprint density at radius 1 is 1.75 bits per heavy atom. The van der Waals surface area contributed by atoms with Gasteiger partial charge in [0.05, 0.1) is 6.54 Å². The molecule has 2 N–H and O–H groups in total. The molecule has 0 aromatic carbocycles. The average molecular weight is 224 g/mol. The molecule has 0 radical (unpaired) electrons. The lowest BCUT2D eigenvalue weighted by atomic mass is 10.2. The van der Waals surface area contributed by atoms with Gasteiger partial charge >= 0.3 is 5.97 Å². The van der Waals surface area contributed by atoms with Gasteiger partial charge in [-0.25, -0.2) is 4.98 Å². The SMILES string of the molecule is Cn1ccnc1CN1CCNCC1C(=O)O.